The molecule has 0 radical (unpaired) electrons. The number of carbonyl (C=O) groups excluding carboxylic acids is 1. The van der Waals surface area contributed by atoms with Crippen molar-refractivity contribution in [3.63, 3.8) is 0 Å². The van der Waals surface area contributed by atoms with E-state index in [0.29, 0.717) is 0 Å². The number of methoxy groups -OCH3 is 1. The average molecular weight is 352 g/mol. The summed E-state index contributed by atoms with van der Waals surface area (Å²) in [5.41, 5.74) is 0.747. The molecule has 4 heteroatoms. The molecule has 1 aromatic rings. The summed E-state index contributed by atoms with van der Waals surface area (Å²) in [5.74, 6) is 2.49. The predicted molar refractivity (Wildman–Crippen MR) is 86.7 cm³/mol. The van der Waals surface area contributed by atoms with Crippen LogP contribution in [0.5, 0.6) is 5.75 Å². The Labute approximate surface area is 134 Å². The Morgan fingerprint density at radius 2 is 2.00 bits per heavy atom. The molecule has 2 fully saturated rings. The second-order valence-corrected chi connectivity index (χ2v) is 7.05. The van der Waals surface area contributed by atoms with E-state index in [1.807, 2.05) is 23.1 Å². The molecule has 114 valence electrons. The van der Waals surface area contributed by atoms with Crippen molar-refractivity contribution in [1.82, 2.24) is 4.90 Å². The fourth-order valence-electron chi connectivity index (χ4n) is 3.77. The summed E-state index contributed by atoms with van der Waals surface area (Å²) in [5, 5.41) is 0. The minimum atomic E-state index is 0.155. The third kappa shape index (κ3) is 3.10. The topological polar surface area (TPSA) is 29.5 Å². The Morgan fingerprint density at radius 1 is 1.24 bits per heavy atom. The number of hydrogen-bond donors (Lipinski definition) is 0. The molecule has 0 N–H and O–H groups in total. The summed E-state index contributed by atoms with van der Waals surface area (Å²) in [4.78, 5) is 14.7. The van der Waals surface area contributed by atoms with Gasteiger partial charge in [0.05, 0.1) is 11.6 Å². The Morgan fingerprint density at radius 3 is 2.71 bits per heavy atom. The first-order valence-electron chi connectivity index (χ1n) is 7.82. The Bertz CT molecular complexity index is 532. The highest BCUT2D eigenvalue weighted by atomic mass is 79.9. The highest BCUT2D eigenvalue weighted by Crippen LogP contribution is 2.36. The predicted octanol–water partition coefficient (Wildman–Crippen LogP) is 4.11. The average Bonchev–Trinajstić information content (AvgIpc) is 2.53. The van der Waals surface area contributed by atoms with Crippen LogP contribution in [0.15, 0.2) is 22.7 Å². The first-order chi connectivity index (χ1) is 10.2. The van der Waals surface area contributed by atoms with Crippen LogP contribution in [0.1, 0.15) is 42.5 Å². The first kappa shape index (κ1) is 14.9. The molecule has 3 nitrogen and oxygen atoms in total. The summed E-state index contributed by atoms with van der Waals surface area (Å²) < 4.78 is 6.06. The molecule has 0 aromatic heterocycles. The maximum Gasteiger partial charge on any atom is 0.253 e. The lowest BCUT2D eigenvalue weighted by molar-refractivity contribution is 0.0521. The smallest absolute Gasteiger partial charge is 0.253 e. The van der Waals surface area contributed by atoms with Gasteiger partial charge >= 0.3 is 0 Å². The number of nitrogens with zero attached hydrogens (tertiary/aromatic N) is 1. The standard InChI is InChI=1S/C17H22BrNO2/c1-21-16-7-6-13(10-15(16)18)17(20)19-9-8-12-4-2-3-5-14(12)11-19/h6-7,10,12,14H,2-5,8-9,11H2,1H3/t12-,14-/m0/s1. The van der Waals surface area contributed by atoms with Crippen molar-refractivity contribution < 1.29 is 9.53 Å². The highest BCUT2D eigenvalue weighted by molar-refractivity contribution is 9.10. The fraction of sp³-hybridized carbons (Fsp3) is 0.588. The summed E-state index contributed by atoms with van der Waals surface area (Å²) in [6.07, 6.45) is 6.53. The van der Waals surface area contributed by atoms with Gasteiger partial charge in [-0.2, -0.15) is 0 Å². The molecule has 2 atom stereocenters. The van der Waals surface area contributed by atoms with Gasteiger partial charge in [-0.1, -0.05) is 19.3 Å². The number of carbonyl (C=O) groups is 1. The Hall–Kier alpha value is -1.03. The van der Waals surface area contributed by atoms with Gasteiger partial charge in [-0.25, -0.2) is 0 Å². The monoisotopic (exact) mass is 351 g/mol. The maximum atomic E-state index is 12.7. The third-order valence-electron chi connectivity index (χ3n) is 4.98. The van der Waals surface area contributed by atoms with Crippen molar-refractivity contribution in [1.29, 1.82) is 0 Å². The molecule has 1 amide bonds. The lowest BCUT2D eigenvalue weighted by atomic mass is 9.75. The summed E-state index contributed by atoms with van der Waals surface area (Å²) in [6.45, 7) is 1.84. The zero-order valence-electron chi connectivity index (χ0n) is 12.5. The van der Waals surface area contributed by atoms with Gasteiger partial charge in [0, 0.05) is 18.7 Å². The molecular weight excluding hydrogens is 330 g/mol. The molecule has 2 aliphatic rings. The largest absolute Gasteiger partial charge is 0.496 e. The lowest BCUT2D eigenvalue weighted by Gasteiger charge is -2.41. The number of amides is 1. The van der Waals surface area contributed by atoms with E-state index in [-0.39, 0.29) is 5.91 Å². The molecule has 21 heavy (non-hydrogen) atoms. The number of halogens is 1. The van der Waals surface area contributed by atoms with Crippen LogP contribution < -0.4 is 4.74 Å². The fourth-order valence-corrected chi connectivity index (χ4v) is 4.31. The normalized spacial score (nSPS) is 25.3. The molecule has 1 saturated carbocycles. The van der Waals surface area contributed by atoms with Crippen molar-refractivity contribution in [3.8, 4) is 5.75 Å². The van der Waals surface area contributed by atoms with Crippen LogP contribution in [0, 0.1) is 11.8 Å². The van der Waals surface area contributed by atoms with E-state index in [0.717, 1.165) is 40.7 Å². The Kier molecular flexibility index (Phi) is 4.53. The second-order valence-electron chi connectivity index (χ2n) is 6.19. The number of ether oxygens (including phenoxy) is 1. The van der Waals surface area contributed by atoms with E-state index in [9.17, 15) is 4.79 Å². The first-order valence-corrected chi connectivity index (χ1v) is 8.61. The van der Waals surface area contributed by atoms with Crippen LogP contribution in [0.3, 0.4) is 0 Å². The number of piperidine rings is 1. The van der Waals surface area contributed by atoms with Crippen LogP contribution >= 0.6 is 15.9 Å². The van der Waals surface area contributed by atoms with E-state index < -0.39 is 0 Å². The van der Waals surface area contributed by atoms with Crippen molar-refractivity contribution in [2.75, 3.05) is 20.2 Å². The van der Waals surface area contributed by atoms with E-state index in [1.165, 1.54) is 32.1 Å². The van der Waals surface area contributed by atoms with E-state index in [4.69, 9.17) is 4.74 Å². The lowest BCUT2D eigenvalue weighted by Crippen LogP contribution is -2.44. The van der Waals surface area contributed by atoms with Gasteiger partial charge in [0.25, 0.3) is 5.91 Å². The molecule has 3 rings (SSSR count). The van der Waals surface area contributed by atoms with Gasteiger partial charge in [0.15, 0.2) is 0 Å². The minimum Gasteiger partial charge on any atom is -0.496 e. The van der Waals surface area contributed by atoms with Crippen molar-refractivity contribution in [3.05, 3.63) is 28.2 Å². The zero-order valence-corrected chi connectivity index (χ0v) is 14.1. The van der Waals surface area contributed by atoms with Gasteiger partial charge < -0.3 is 9.64 Å². The summed E-state index contributed by atoms with van der Waals surface area (Å²) in [6, 6.07) is 5.58. The second kappa shape index (κ2) is 6.39. The van der Waals surface area contributed by atoms with Crippen LogP contribution in [-0.2, 0) is 0 Å². The molecule has 1 saturated heterocycles. The Balaban J connectivity index is 1.71. The van der Waals surface area contributed by atoms with Gasteiger partial charge in [0.2, 0.25) is 0 Å². The maximum absolute atomic E-state index is 12.7. The van der Waals surface area contributed by atoms with Crippen molar-refractivity contribution in [2.24, 2.45) is 11.8 Å². The number of benzene rings is 1. The zero-order chi connectivity index (χ0) is 14.8. The van der Waals surface area contributed by atoms with E-state index in [2.05, 4.69) is 15.9 Å². The van der Waals surface area contributed by atoms with E-state index >= 15 is 0 Å². The van der Waals surface area contributed by atoms with Gasteiger partial charge in [0.1, 0.15) is 5.75 Å². The van der Waals surface area contributed by atoms with E-state index in [1.54, 1.807) is 7.11 Å². The molecule has 0 spiro atoms. The van der Waals surface area contributed by atoms with Crippen LogP contribution in [0.2, 0.25) is 0 Å². The molecule has 0 bridgehead atoms. The van der Waals surface area contributed by atoms with Crippen molar-refractivity contribution >= 4 is 21.8 Å². The molecule has 1 heterocycles. The number of fused-ring (bicyclic) bond motifs is 1. The molecule has 1 aliphatic heterocycles. The van der Waals surface area contributed by atoms with Gasteiger partial charge in [-0.05, 0) is 58.8 Å². The summed E-state index contributed by atoms with van der Waals surface area (Å²) >= 11 is 3.46. The van der Waals surface area contributed by atoms with Crippen LogP contribution in [-0.4, -0.2) is 31.0 Å². The van der Waals surface area contributed by atoms with Crippen LogP contribution in [0.25, 0.3) is 0 Å². The quantitative estimate of drug-likeness (QED) is 0.802. The molecule has 1 aromatic carbocycles. The number of hydrogen-bond acceptors (Lipinski definition) is 2. The van der Waals surface area contributed by atoms with Crippen molar-refractivity contribution in [2.45, 2.75) is 32.1 Å². The molecule has 0 unspecified atom stereocenters. The highest BCUT2D eigenvalue weighted by Gasteiger charge is 2.33. The van der Waals surface area contributed by atoms with Gasteiger partial charge in [-0.3, -0.25) is 4.79 Å². The third-order valence-corrected chi connectivity index (χ3v) is 5.60. The van der Waals surface area contributed by atoms with Crippen LogP contribution in [0.4, 0.5) is 0 Å². The number of likely N-dealkylation sites (tertiary alicyclic amines) is 1. The van der Waals surface area contributed by atoms with Gasteiger partial charge in [-0.15, -0.1) is 0 Å². The molecule has 1 aliphatic carbocycles. The number of rotatable bonds is 2. The SMILES string of the molecule is COc1ccc(C(=O)N2CC[C@@H]3CCCC[C@H]3C2)cc1Br. The minimum absolute atomic E-state index is 0.155. The molecular formula is C17H22BrNO2. The summed E-state index contributed by atoms with van der Waals surface area (Å²) in [7, 11) is 1.63.